The topological polar surface area (TPSA) is 90.5 Å². The van der Waals surface area contributed by atoms with Crippen molar-refractivity contribution in [3.05, 3.63) is 29.8 Å². The normalized spacial score (nSPS) is 26.5. The molecule has 23 heavy (non-hydrogen) atoms. The second-order valence-electron chi connectivity index (χ2n) is 6.07. The summed E-state index contributed by atoms with van der Waals surface area (Å²) < 4.78 is 0. The monoisotopic (exact) mass is 316 g/mol. The van der Waals surface area contributed by atoms with Gasteiger partial charge in [-0.15, -0.1) is 0 Å². The molecule has 0 saturated carbocycles. The number of rotatable bonds is 2. The van der Waals surface area contributed by atoms with E-state index in [9.17, 15) is 14.4 Å². The van der Waals surface area contributed by atoms with Crippen LogP contribution in [-0.2, 0) is 9.59 Å². The van der Waals surface area contributed by atoms with Gasteiger partial charge < -0.3 is 20.9 Å². The third-order valence-electron chi connectivity index (χ3n) is 4.30. The Morgan fingerprint density at radius 1 is 1.26 bits per heavy atom. The van der Waals surface area contributed by atoms with Crippen LogP contribution in [0.25, 0.3) is 0 Å². The van der Waals surface area contributed by atoms with E-state index in [2.05, 4.69) is 16.0 Å². The summed E-state index contributed by atoms with van der Waals surface area (Å²) >= 11 is 0. The molecule has 3 rings (SSSR count). The van der Waals surface area contributed by atoms with Crippen LogP contribution in [0.2, 0.25) is 0 Å². The highest BCUT2D eigenvalue weighted by molar-refractivity contribution is 5.98. The van der Waals surface area contributed by atoms with E-state index in [1.165, 1.54) is 0 Å². The average Bonchev–Trinajstić information content (AvgIpc) is 2.91. The predicted molar refractivity (Wildman–Crippen MR) is 84.8 cm³/mol. The molecule has 7 heteroatoms. The van der Waals surface area contributed by atoms with E-state index in [-0.39, 0.29) is 23.9 Å². The Morgan fingerprint density at radius 3 is 2.65 bits per heavy atom. The Bertz CT molecular complexity index is 643. The molecular weight excluding hydrogens is 296 g/mol. The average molecular weight is 316 g/mol. The summed E-state index contributed by atoms with van der Waals surface area (Å²) in [6.07, 6.45) is 0.567. The number of carbonyl (C=O) groups excluding carboxylic acids is 3. The van der Waals surface area contributed by atoms with Crippen LogP contribution >= 0.6 is 0 Å². The van der Waals surface area contributed by atoms with Crippen molar-refractivity contribution in [1.82, 2.24) is 15.5 Å². The van der Waals surface area contributed by atoms with E-state index in [0.717, 1.165) is 5.56 Å². The minimum Gasteiger partial charge on any atom is -0.343 e. The third-order valence-corrected chi connectivity index (χ3v) is 4.30. The molecule has 2 aliphatic heterocycles. The van der Waals surface area contributed by atoms with Crippen molar-refractivity contribution >= 4 is 23.5 Å². The highest BCUT2D eigenvalue weighted by Crippen LogP contribution is 2.23. The molecule has 7 nitrogen and oxygen atoms in total. The SMILES string of the molecule is Cc1ccc(NC(=O)NC2CCN3C(=O)C(C)NC(=O)C23)cc1. The number of piperazine rings is 1. The van der Waals surface area contributed by atoms with Crippen molar-refractivity contribution in [1.29, 1.82) is 0 Å². The lowest BCUT2D eigenvalue weighted by molar-refractivity contribution is -0.146. The van der Waals surface area contributed by atoms with Crippen LogP contribution in [0.5, 0.6) is 0 Å². The number of fused-ring (bicyclic) bond motifs is 1. The first-order valence-corrected chi connectivity index (χ1v) is 7.71. The van der Waals surface area contributed by atoms with Crippen LogP contribution in [0, 0.1) is 6.92 Å². The molecule has 0 bridgehead atoms. The fraction of sp³-hybridized carbons (Fsp3) is 0.438. The first kappa shape index (κ1) is 15.3. The molecule has 3 unspecified atom stereocenters. The molecule has 2 saturated heterocycles. The lowest BCUT2D eigenvalue weighted by Gasteiger charge is -2.35. The van der Waals surface area contributed by atoms with Crippen LogP contribution in [0.4, 0.5) is 10.5 Å². The van der Waals surface area contributed by atoms with E-state index in [1.54, 1.807) is 11.8 Å². The molecule has 3 atom stereocenters. The number of anilines is 1. The van der Waals surface area contributed by atoms with Crippen molar-refractivity contribution in [2.45, 2.75) is 38.4 Å². The zero-order chi connectivity index (χ0) is 16.6. The maximum atomic E-state index is 12.1. The fourth-order valence-corrected chi connectivity index (χ4v) is 3.10. The summed E-state index contributed by atoms with van der Waals surface area (Å²) in [6, 6.07) is 5.56. The molecule has 2 aliphatic rings. The summed E-state index contributed by atoms with van der Waals surface area (Å²) in [5.74, 6) is -0.312. The largest absolute Gasteiger partial charge is 0.343 e. The summed E-state index contributed by atoms with van der Waals surface area (Å²) in [5, 5.41) is 8.20. The zero-order valence-electron chi connectivity index (χ0n) is 13.1. The molecule has 0 spiro atoms. The Balaban J connectivity index is 1.64. The van der Waals surface area contributed by atoms with Crippen LogP contribution in [-0.4, -0.2) is 47.4 Å². The van der Waals surface area contributed by atoms with Crippen molar-refractivity contribution in [3.8, 4) is 0 Å². The molecule has 122 valence electrons. The first-order chi connectivity index (χ1) is 11.0. The van der Waals surface area contributed by atoms with Crippen molar-refractivity contribution in [2.24, 2.45) is 0 Å². The molecular formula is C16H20N4O3. The highest BCUT2D eigenvalue weighted by atomic mass is 16.2. The minimum absolute atomic E-state index is 0.0992. The van der Waals surface area contributed by atoms with E-state index in [0.29, 0.717) is 18.7 Å². The Kier molecular flexibility index (Phi) is 3.94. The minimum atomic E-state index is -0.623. The van der Waals surface area contributed by atoms with Gasteiger partial charge in [0, 0.05) is 12.2 Å². The Hall–Kier alpha value is -2.57. The van der Waals surface area contributed by atoms with Crippen LogP contribution in [0.1, 0.15) is 18.9 Å². The second kappa shape index (κ2) is 5.91. The molecule has 1 aromatic rings. The van der Waals surface area contributed by atoms with Gasteiger partial charge in [-0.3, -0.25) is 9.59 Å². The summed E-state index contributed by atoms with van der Waals surface area (Å²) in [5.41, 5.74) is 1.79. The molecule has 0 aliphatic carbocycles. The second-order valence-corrected chi connectivity index (χ2v) is 6.07. The standard InChI is InChI=1S/C16H20N4O3/c1-9-3-5-11(6-4-9)18-16(23)19-12-7-8-20-13(12)14(21)17-10(2)15(20)22/h3-6,10,12-13H,7-8H2,1-2H3,(H,17,21)(H2,18,19,23). The van der Waals surface area contributed by atoms with Gasteiger partial charge in [-0.05, 0) is 32.4 Å². The van der Waals surface area contributed by atoms with Gasteiger partial charge in [0.25, 0.3) is 0 Å². The van der Waals surface area contributed by atoms with Gasteiger partial charge in [0.05, 0.1) is 6.04 Å². The van der Waals surface area contributed by atoms with Crippen molar-refractivity contribution in [3.63, 3.8) is 0 Å². The molecule has 2 heterocycles. The van der Waals surface area contributed by atoms with Gasteiger partial charge in [0.15, 0.2) is 0 Å². The number of carbonyl (C=O) groups is 3. The number of benzene rings is 1. The number of nitrogens with zero attached hydrogens (tertiary/aromatic N) is 1. The molecule has 4 amide bonds. The smallest absolute Gasteiger partial charge is 0.319 e. The number of amides is 4. The molecule has 0 radical (unpaired) electrons. The molecule has 2 fully saturated rings. The van der Waals surface area contributed by atoms with Crippen LogP contribution in [0.15, 0.2) is 24.3 Å². The van der Waals surface area contributed by atoms with Gasteiger partial charge in [-0.2, -0.15) is 0 Å². The zero-order valence-corrected chi connectivity index (χ0v) is 13.1. The highest BCUT2D eigenvalue weighted by Gasteiger charge is 2.47. The number of hydrogen-bond donors (Lipinski definition) is 3. The predicted octanol–water partition coefficient (Wildman–Crippen LogP) is 0.604. The van der Waals surface area contributed by atoms with Gasteiger partial charge in [-0.25, -0.2) is 4.79 Å². The maximum absolute atomic E-state index is 12.1. The Labute approximate surface area is 134 Å². The first-order valence-electron chi connectivity index (χ1n) is 7.71. The Morgan fingerprint density at radius 2 is 1.96 bits per heavy atom. The molecule has 3 N–H and O–H groups in total. The van der Waals surface area contributed by atoms with E-state index in [1.807, 2.05) is 31.2 Å². The van der Waals surface area contributed by atoms with Gasteiger partial charge >= 0.3 is 6.03 Å². The van der Waals surface area contributed by atoms with Crippen LogP contribution < -0.4 is 16.0 Å². The number of aryl methyl sites for hydroxylation is 1. The van der Waals surface area contributed by atoms with Crippen LogP contribution in [0.3, 0.4) is 0 Å². The van der Waals surface area contributed by atoms with Gasteiger partial charge in [0.2, 0.25) is 11.8 Å². The van der Waals surface area contributed by atoms with Gasteiger partial charge in [0.1, 0.15) is 12.1 Å². The van der Waals surface area contributed by atoms with E-state index >= 15 is 0 Å². The van der Waals surface area contributed by atoms with Crippen molar-refractivity contribution < 1.29 is 14.4 Å². The summed E-state index contributed by atoms with van der Waals surface area (Å²) in [7, 11) is 0. The molecule has 1 aromatic carbocycles. The number of nitrogens with one attached hydrogen (secondary N) is 3. The van der Waals surface area contributed by atoms with Gasteiger partial charge in [-0.1, -0.05) is 17.7 Å². The lowest BCUT2D eigenvalue weighted by atomic mass is 10.1. The third kappa shape index (κ3) is 2.99. The lowest BCUT2D eigenvalue weighted by Crippen LogP contribution is -2.64. The quantitative estimate of drug-likeness (QED) is 0.746. The maximum Gasteiger partial charge on any atom is 0.319 e. The summed E-state index contributed by atoms with van der Waals surface area (Å²) in [6.45, 7) is 4.12. The van der Waals surface area contributed by atoms with E-state index < -0.39 is 12.1 Å². The number of urea groups is 1. The fourth-order valence-electron chi connectivity index (χ4n) is 3.10. The van der Waals surface area contributed by atoms with Crippen molar-refractivity contribution in [2.75, 3.05) is 11.9 Å². The van der Waals surface area contributed by atoms with E-state index in [4.69, 9.17) is 0 Å². The summed E-state index contributed by atoms with van der Waals surface area (Å²) in [4.78, 5) is 37.9. The molecule has 0 aromatic heterocycles. The number of hydrogen-bond acceptors (Lipinski definition) is 3.